The summed E-state index contributed by atoms with van der Waals surface area (Å²) in [6, 6.07) is 10.3. The monoisotopic (exact) mass is 228 g/mol. The zero-order valence-corrected chi connectivity index (χ0v) is 9.80. The second-order valence-corrected chi connectivity index (χ2v) is 4.77. The van der Waals surface area contributed by atoms with E-state index in [0.29, 0.717) is 12.5 Å². The standard InChI is InChI=1S/C14H16N2O/c17-14-10-13(11-6-2-1-3-7-11)15-16(14)12-8-4-5-9-12/h1-3,6-7,12H,4-5,8-10H2. The highest BCUT2D eigenvalue weighted by molar-refractivity contribution is 6.13. The summed E-state index contributed by atoms with van der Waals surface area (Å²) in [5.41, 5.74) is 1.99. The molecular weight excluding hydrogens is 212 g/mol. The van der Waals surface area contributed by atoms with E-state index in [0.717, 1.165) is 24.1 Å². The molecule has 0 N–H and O–H groups in total. The van der Waals surface area contributed by atoms with Crippen molar-refractivity contribution in [2.45, 2.75) is 38.1 Å². The van der Waals surface area contributed by atoms with E-state index in [2.05, 4.69) is 5.10 Å². The highest BCUT2D eigenvalue weighted by Crippen LogP contribution is 2.27. The summed E-state index contributed by atoms with van der Waals surface area (Å²) in [6.45, 7) is 0. The number of hydrogen-bond donors (Lipinski definition) is 0. The summed E-state index contributed by atoms with van der Waals surface area (Å²) in [4.78, 5) is 12.0. The van der Waals surface area contributed by atoms with Gasteiger partial charge in [-0.2, -0.15) is 5.10 Å². The molecule has 3 heteroatoms. The molecule has 0 spiro atoms. The van der Waals surface area contributed by atoms with Crippen LogP contribution in [0, 0.1) is 0 Å². The first-order valence-corrected chi connectivity index (χ1v) is 6.29. The average molecular weight is 228 g/mol. The van der Waals surface area contributed by atoms with Crippen LogP contribution in [0.1, 0.15) is 37.7 Å². The fourth-order valence-electron chi connectivity index (χ4n) is 2.67. The summed E-state index contributed by atoms with van der Waals surface area (Å²) >= 11 is 0. The van der Waals surface area contributed by atoms with Gasteiger partial charge < -0.3 is 0 Å². The molecule has 3 nitrogen and oxygen atoms in total. The Bertz CT molecular complexity index is 447. The summed E-state index contributed by atoms with van der Waals surface area (Å²) in [7, 11) is 0. The fourth-order valence-corrected chi connectivity index (χ4v) is 2.67. The van der Waals surface area contributed by atoms with Crippen LogP contribution in [0.15, 0.2) is 35.4 Å². The Labute approximate surface area is 101 Å². The summed E-state index contributed by atoms with van der Waals surface area (Å²) in [5, 5.41) is 6.25. The molecule has 1 aliphatic carbocycles. The van der Waals surface area contributed by atoms with Crippen molar-refractivity contribution in [3.05, 3.63) is 35.9 Å². The van der Waals surface area contributed by atoms with Crippen molar-refractivity contribution in [2.24, 2.45) is 5.10 Å². The van der Waals surface area contributed by atoms with Gasteiger partial charge in [0.25, 0.3) is 0 Å². The molecule has 0 bridgehead atoms. The maximum absolute atomic E-state index is 12.0. The number of benzene rings is 1. The number of carbonyl (C=O) groups excluding carboxylic acids is 1. The number of rotatable bonds is 2. The van der Waals surface area contributed by atoms with Crippen LogP contribution in [0.4, 0.5) is 0 Å². The second-order valence-electron chi connectivity index (χ2n) is 4.77. The minimum absolute atomic E-state index is 0.163. The van der Waals surface area contributed by atoms with E-state index in [1.807, 2.05) is 30.3 Å². The summed E-state index contributed by atoms with van der Waals surface area (Å²) in [5.74, 6) is 0.163. The van der Waals surface area contributed by atoms with Gasteiger partial charge in [0.15, 0.2) is 0 Å². The Morgan fingerprint density at radius 3 is 2.53 bits per heavy atom. The summed E-state index contributed by atoms with van der Waals surface area (Å²) < 4.78 is 0. The molecule has 2 aliphatic rings. The third kappa shape index (κ3) is 1.97. The molecular formula is C14H16N2O. The molecule has 0 radical (unpaired) electrons. The molecule has 1 aromatic rings. The van der Waals surface area contributed by atoms with E-state index in [1.54, 1.807) is 5.01 Å². The van der Waals surface area contributed by atoms with Gasteiger partial charge in [0.05, 0.1) is 18.2 Å². The number of hydrazone groups is 1. The minimum Gasteiger partial charge on any atom is -0.273 e. The predicted octanol–water partition coefficient (Wildman–Crippen LogP) is 2.57. The lowest BCUT2D eigenvalue weighted by molar-refractivity contribution is -0.130. The molecule has 0 atom stereocenters. The molecule has 0 saturated heterocycles. The van der Waals surface area contributed by atoms with E-state index in [4.69, 9.17) is 0 Å². The van der Waals surface area contributed by atoms with Crippen molar-refractivity contribution in [3.8, 4) is 0 Å². The van der Waals surface area contributed by atoms with Gasteiger partial charge in [0.2, 0.25) is 5.91 Å². The van der Waals surface area contributed by atoms with Crippen molar-refractivity contribution < 1.29 is 4.79 Å². The number of amides is 1. The highest BCUT2D eigenvalue weighted by Gasteiger charge is 2.32. The van der Waals surface area contributed by atoms with Gasteiger partial charge in [0, 0.05) is 0 Å². The van der Waals surface area contributed by atoms with E-state index in [1.165, 1.54) is 12.8 Å². The minimum atomic E-state index is 0.163. The molecule has 88 valence electrons. The van der Waals surface area contributed by atoms with Gasteiger partial charge in [-0.15, -0.1) is 0 Å². The van der Waals surface area contributed by atoms with Gasteiger partial charge in [-0.25, -0.2) is 5.01 Å². The van der Waals surface area contributed by atoms with E-state index in [-0.39, 0.29) is 5.91 Å². The largest absolute Gasteiger partial charge is 0.273 e. The third-order valence-electron chi connectivity index (χ3n) is 3.58. The van der Waals surface area contributed by atoms with E-state index >= 15 is 0 Å². The second kappa shape index (κ2) is 4.32. The van der Waals surface area contributed by atoms with Crippen molar-refractivity contribution in [2.75, 3.05) is 0 Å². The van der Waals surface area contributed by atoms with Crippen LogP contribution >= 0.6 is 0 Å². The van der Waals surface area contributed by atoms with Crippen LogP contribution in [0.2, 0.25) is 0 Å². The Morgan fingerprint density at radius 2 is 1.82 bits per heavy atom. The van der Waals surface area contributed by atoms with Gasteiger partial charge in [0.1, 0.15) is 0 Å². The summed E-state index contributed by atoms with van der Waals surface area (Å²) in [6.07, 6.45) is 5.13. The van der Waals surface area contributed by atoms with E-state index < -0.39 is 0 Å². The SMILES string of the molecule is O=C1CC(c2ccccc2)=NN1C1CCCC1. The Balaban J connectivity index is 1.84. The zero-order chi connectivity index (χ0) is 11.7. The number of hydrogen-bond acceptors (Lipinski definition) is 2. The maximum Gasteiger partial charge on any atom is 0.249 e. The topological polar surface area (TPSA) is 32.7 Å². The molecule has 17 heavy (non-hydrogen) atoms. The van der Waals surface area contributed by atoms with Crippen LogP contribution < -0.4 is 0 Å². The lowest BCUT2D eigenvalue weighted by Gasteiger charge is -2.18. The van der Waals surface area contributed by atoms with Crippen LogP contribution in [-0.4, -0.2) is 22.7 Å². The predicted molar refractivity (Wildman–Crippen MR) is 66.7 cm³/mol. The van der Waals surface area contributed by atoms with Crippen LogP contribution in [0.3, 0.4) is 0 Å². The maximum atomic E-state index is 12.0. The van der Waals surface area contributed by atoms with Crippen molar-refractivity contribution in [1.82, 2.24) is 5.01 Å². The van der Waals surface area contributed by atoms with Gasteiger partial charge in [-0.1, -0.05) is 43.2 Å². The van der Waals surface area contributed by atoms with Crippen molar-refractivity contribution in [1.29, 1.82) is 0 Å². The molecule has 0 aromatic heterocycles. The zero-order valence-electron chi connectivity index (χ0n) is 9.80. The average Bonchev–Trinajstić information content (AvgIpc) is 2.99. The molecule has 1 fully saturated rings. The first kappa shape index (κ1) is 10.5. The van der Waals surface area contributed by atoms with Crippen molar-refractivity contribution in [3.63, 3.8) is 0 Å². The molecule has 0 unspecified atom stereocenters. The molecule has 1 aliphatic heterocycles. The third-order valence-corrected chi connectivity index (χ3v) is 3.58. The fraction of sp³-hybridized carbons (Fsp3) is 0.429. The highest BCUT2D eigenvalue weighted by atomic mass is 16.2. The van der Waals surface area contributed by atoms with Gasteiger partial charge in [-0.05, 0) is 18.4 Å². The van der Waals surface area contributed by atoms with Crippen LogP contribution in [0.5, 0.6) is 0 Å². The number of nitrogens with zero attached hydrogens (tertiary/aromatic N) is 2. The van der Waals surface area contributed by atoms with Crippen LogP contribution in [0.25, 0.3) is 0 Å². The van der Waals surface area contributed by atoms with Gasteiger partial charge in [-0.3, -0.25) is 4.79 Å². The first-order valence-electron chi connectivity index (χ1n) is 6.29. The molecule has 1 saturated carbocycles. The molecule has 1 aromatic carbocycles. The Morgan fingerprint density at radius 1 is 1.12 bits per heavy atom. The lowest BCUT2D eigenvalue weighted by atomic mass is 10.1. The van der Waals surface area contributed by atoms with Gasteiger partial charge >= 0.3 is 0 Å². The quantitative estimate of drug-likeness (QED) is 0.765. The Kier molecular flexibility index (Phi) is 2.67. The first-order chi connectivity index (χ1) is 8.34. The van der Waals surface area contributed by atoms with Crippen LogP contribution in [-0.2, 0) is 4.79 Å². The molecule has 3 rings (SSSR count). The normalized spacial score (nSPS) is 21.1. The Hall–Kier alpha value is -1.64. The molecule has 1 heterocycles. The van der Waals surface area contributed by atoms with Crippen molar-refractivity contribution >= 4 is 11.6 Å². The molecule has 1 amide bonds. The lowest BCUT2D eigenvalue weighted by Crippen LogP contribution is -2.30. The number of carbonyl (C=O) groups is 1. The van der Waals surface area contributed by atoms with E-state index in [9.17, 15) is 4.79 Å². The smallest absolute Gasteiger partial charge is 0.249 e.